The van der Waals surface area contributed by atoms with Gasteiger partial charge in [-0.2, -0.15) is 0 Å². The standard InChI is InChI=1S/C11H9NO/c1-2-8-3-4-10-9(5-6-12-10)11(8)13-7-1/h1,3-7,11H,2H2. The van der Waals surface area contributed by atoms with E-state index in [4.69, 9.17) is 4.74 Å². The number of aliphatic imine (C=N–C) groups is 1. The summed E-state index contributed by atoms with van der Waals surface area (Å²) in [4.78, 5) is 4.24. The van der Waals surface area contributed by atoms with Crippen LogP contribution in [0, 0.1) is 0 Å². The molecule has 1 unspecified atom stereocenters. The van der Waals surface area contributed by atoms with E-state index in [0.717, 1.165) is 12.1 Å². The van der Waals surface area contributed by atoms with Gasteiger partial charge in [-0.05, 0) is 30.2 Å². The minimum absolute atomic E-state index is 0.118. The summed E-state index contributed by atoms with van der Waals surface area (Å²) in [5, 5.41) is 0. The molecule has 2 heterocycles. The van der Waals surface area contributed by atoms with E-state index in [1.807, 2.05) is 18.4 Å². The third-order valence-corrected chi connectivity index (χ3v) is 2.50. The Balaban J connectivity index is 2.08. The number of allylic oxidation sites excluding steroid dienone is 4. The van der Waals surface area contributed by atoms with Crippen molar-refractivity contribution in [3.63, 3.8) is 0 Å². The zero-order chi connectivity index (χ0) is 8.67. The van der Waals surface area contributed by atoms with Crippen molar-refractivity contribution in [2.75, 3.05) is 0 Å². The molecule has 2 heteroatoms. The molecule has 0 aromatic rings. The smallest absolute Gasteiger partial charge is 0.147 e. The number of ether oxygens (including phenoxy) is 1. The number of fused-ring (bicyclic) bond motifs is 3. The van der Waals surface area contributed by atoms with Crippen LogP contribution in [0.15, 0.2) is 52.4 Å². The molecule has 0 saturated carbocycles. The van der Waals surface area contributed by atoms with Gasteiger partial charge in [0.05, 0.1) is 12.0 Å². The van der Waals surface area contributed by atoms with Crippen molar-refractivity contribution in [2.45, 2.75) is 12.5 Å². The summed E-state index contributed by atoms with van der Waals surface area (Å²) in [6, 6.07) is 0. The number of hydrogen-bond acceptors (Lipinski definition) is 2. The van der Waals surface area contributed by atoms with Crippen molar-refractivity contribution in [2.24, 2.45) is 4.99 Å². The molecule has 0 fully saturated rings. The van der Waals surface area contributed by atoms with Crippen LogP contribution in [0.3, 0.4) is 0 Å². The Hall–Kier alpha value is -1.57. The molecule has 0 aromatic carbocycles. The topological polar surface area (TPSA) is 21.6 Å². The van der Waals surface area contributed by atoms with E-state index in [1.54, 1.807) is 6.26 Å². The van der Waals surface area contributed by atoms with Crippen molar-refractivity contribution in [1.29, 1.82) is 0 Å². The van der Waals surface area contributed by atoms with Gasteiger partial charge in [0.2, 0.25) is 0 Å². The van der Waals surface area contributed by atoms with Gasteiger partial charge in [0.15, 0.2) is 0 Å². The van der Waals surface area contributed by atoms with E-state index in [1.165, 1.54) is 11.1 Å². The van der Waals surface area contributed by atoms with Gasteiger partial charge in [-0.15, -0.1) is 0 Å². The predicted octanol–water partition coefficient (Wildman–Crippen LogP) is 2.12. The maximum atomic E-state index is 5.56. The Bertz CT molecular complexity index is 396. The Morgan fingerprint density at radius 3 is 3.31 bits per heavy atom. The third kappa shape index (κ3) is 0.917. The summed E-state index contributed by atoms with van der Waals surface area (Å²) in [7, 11) is 0. The largest absolute Gasteiger partial charge is 0.489 e. The highest BCUT2D eigenvalue weighted by Crippen LogP contribution is 2.34. The molecule has 0 saturated heterocycles. The molecule has 1 aliphatic carbocycles. The van der Waals surface area contributed by atoms with Gasteiger partial charge >= 0.3 is 0 Å². The lowest BCUT2D eigenvalue weighted by atomic mass is 9.91. The maximum Gasteiger partial charge on any atom is 0.147 e. The fourth-order valence-corrected chi connectivity index (χ4v) is 1.85. The fraction of sp³-hybridized carbons (Fsp3) is 0.182. The van der Waals surface area contributed by atoms with Crippen molar-refractivity contribution < 1.29 is 4.74 Å². The van der Waals surface area contributed by atoms with Crippen molar-refractivity contribution >= 4 is 6.21 Å². The van der Waals surface area contributed by atoms with Crippen LogP contribution in [-0.2, 0) is 4.74 Å². The van der Waals surface area contributed by atoms with Crippen LogP contribution in [0.4, 0.5) is 0 Å². The molecule has 3 aliphatic rings. The van der Waals surface area contributed by atoms with E-state index < -0.39 is 0 Å². The number of hydrogen-bond donors (Lipinski definition) is 0. The van der Waals surface area contributed by atoms with E-state index >= 15 is 0 Å². The van der Waals surface area contributed by atoms with Crippen molar-refractivity contribution in [3.8, 4) is 0 Å². The minimum atomic E-state index is 0.118. The van der Waals surface area contributed by atoms with Crippen LogP contribution >= 0.6 is 0 Å². The van der Waals surface area contributed by atoms with E-state index in [0.29, 0.717) is 0 Å². The molecule has 0 N–H and O–H groups in total. The molecule has 2 nitrogen and oxygen atoms in total. The Labute approximate surface area is 76.6 Å². The summed E-state index contributed by atoms with van der Waals surface area (Å²) in [5.74, 6) is 0. The molecule has 3 rings (SSSR count). The van der Waals surface area contributed by atoms with Gasteiger partial charge in [-0.1, -0.05) is 6.08 Å². The van der Waals surface area contributed by atoms with Crippen LogP contribution in [0.25, 0.3) is 0 Å². The molecule has 13 heavy (non-hydrogen) atoms. The molecule has 0 spiro atoms. The lowest BCUT2D eigenvalue weighted by Crippen LogP contribution is -2.21. The van der Waals surface area contributed by atoms with Crippen LogP contribution in [-0.4, -0.2) is 12.3 Å². The first-order chi connectivity index (χ1) is 6.45. The Morgan fingerprint density at radius 1 is 1.31 bits per heavy atom. The first-order valence-electron chi connectivity index (χ1n) is 4.41. The molecular weight excluding hydrogens is 162 g/mol. The average Bonchev–Trinajstić information content (AvgIpc) is 2.65. The SMILES string of the molecule is C1=COC2C(=CC=C3N=CC=C32)C1. The van der Waals surface area contributed by atoms with Crippen LogP contribution in [0.2, 0.25) is 0 Å². The maximum absolute atomic E-state index is 5.56. The highest BCUT2D eigenvalue weighted by Gasteiger charge is 2.27. The predicted molar refractivity (Wildman–Crippen MR) is 51.4 cm³/mol. The highest BCUT2D eigenvalue weighted by atomic mass is 16.5. The molecule has 0 aromatic heterocycles. The van der Waals surface area contributed by atoms with Crippen molar-refractivity contribution in [3.05, 3.63) is 47.4 Å². The number of nitrogens with zero attached hydrogens (tertiary/aromatic N) is 1. The van der Waals surface area contributed by atoms with Gasteiger partial charge in [0.25, 0.3) is 0 Å². The average molecular weight is 171 g/mol. The van der Waals surface area contributed by atoms with Gasteiger partial charge in [-0.3, -0.25) is 4.99 Å². The summed E-state index contributed by atoms with van der Waals surface area (Å²) >= 11 is 0. The minimum Gasteiger partial charge on any atom is -0.489 e. The molecule has 2 aliphatic heterocycles. The second-order valence-electron chi connectivity index (χ2n) is 3.29. The van der Waals surface area contributed by atoms with Crippen LogP contribution < -0.4 is 0 Å². The third-order valence-electron chi connectivity index (χ3n) is 2.50. The second kappa shape index (κ2) is 2.46. The van der Waals surface area contributed by atoms with Crippen molar-refractivity contribution in [1.82, 2.24) is 0 Å². The normalized spacial score (nSPS) is 28.3. The summed E-state index contributed by atoms with van der Waals surface area (Å²) in [6.45, 7) is 0. The lowest BCUT2D eigenvalue weighted by Gasteiger charge is -2.26. The van der Waals surface area contributed by atoms with Gasteiger partial charge in [0, 0.05) is 11.8 Å². The van der Waals surface area contributed by atoms with Crippen LogP contribution in [0.5, 0.6) is 0 Å². The summed E-state index contributed by atoms with van der Waals surface area (Å²) in [5.41, 5.74) is 3.56. The highest BCUT2D eigenvalue weighted by molar-refractivity contribution is 5.81. The molecule has 0 amide bonds. The Kier molecular flexibility index (Phi) is 1.30. The van der Waals surface area contributed by atoms with Crippen LogP contribution in [0.1, 0.15) is 6.42 Å². The van der Waals surface area contributed by atoms with Gasteiger partial charge < -0.3 is 4.74 Å². The zero-order valence-electron chi connectivity index (χ0n) is 7.10. The zero-order valence-corrected chi connectivity index (χ0v) is 7.10. The lowest BCUT2D eigenvalue weighted by molar-refractivity contribution is 0.196. The Morgan fingerprint density at radius 2 is 2.31 bits per heavy atom. The van der Waals surface area contributed by atoms with Gasteiger partial charge in [0.1, 0.15) is 6.10 Å². The molecular formula is C11H9NO. The molecule has 0 radical (unpaired) electrons. The van der Waals surface area contributed by atoms with E-state index in [-0.39, 0.29) is 6.10 Å². The first kappa shape index (κ1) is 6.89. The second-order valence-corrected chi connectivity index (χ2v) is 3.29. The summed E-state index contributed by atoms with van der Waals surface area (Å²) in [6.07, 6.45) is 13.0. The quantitative estimate of drug-likeness (QED) is 0.547. The molecule has 1 atom stereocenters. The number of rotatable bonds is 0. The molecule has 0 bridgehead atoms. The monoisotopic (exact) mass is 171 g/mol. The van der Waals surface area contributed by atoms with Gasteiger partial charge in [-0.25, -0.2) is 0 Å². The molecule has 64 valence electrons. The van der Waals surface area contributed by atoms with E-state index in [9.17, 15) is 0 Å². The summed E-state index contributed by atoms with van der Waals surface area (Å²) < 4.78 is 5.56. The first-order valence-corrected chi connectivity index (χ1v) is 4.41. The fourth-order valence-electron chi connectivity index (χ4n) is 1.85. The van der Waals surface area contributed by atoms with E-state index in [2.05, 4.69) is 17.1 Å².